The van der Waals surface area contributed by atoms with Crippen molar-refractivity contribution in [2.24, 2.45) is 0 Å². The maximum atomic E-state index is 12.3. The molecule has 20 heavy (non-hydrogen) atoms. The number of methoxy groups -OCH3 is 1. The highest BCUT2D eigenvalue weighted by Crippen LogP contribution is 2.35. The summed E-state index contributed by atoms with van der Waals surface area (Å²) in [6.07, 6.45) is 2.26. The largest absolute Gasteiger partial charge is 0.497 e. The van der Waals surface area contributed by atoms with E-state index in [0.717, 1.165) is 24.2 Å². The van der Waals surface area contributed by atoms with Crippen LogP contribution in [0, 0.1) is 0 Å². The van der Waals surface area contributed by atoms with Crippen LogP contribution in [0.2, 0.25) is 0 Å². The van der Waals surface area contributed by atoms with Gasteiger partial charge in [0.2, 0.25) is 10.0 Å². The van der Waals surface area contributed by atoms with E-state index >= 15 is 0 Å². The van der Waals surface area contributed by atoms with Crippen LogP contribution >= 0.6 is 11.6 Å². The van der Waals surface area contributed by atoms with E-state index in [1.807, 2.05) is 24.3 Å². The Bertz CT molecular complexity index is 530. The zero-order valence-corrected chi connectivity index (χ0v) is 13.2. The van der Waals surface area contributed by atoms with Crippen LogP contribution < -0.4 is 4.74 Å². The molecular weight excluding hydrogens is 298 g/mol. The molecule has 112 valence electrons. The summed E-state index contributed by atoms with van der Waals surface area (Å²) in [5.74, 6) is 1.28. The summed E-state index contributed by atoms with van der Waals surface area (Å²) >= 11 is 5.60. The fourth-order valence-electron chi connectivity index (χ4n) is 2.59. The zero-order valence-electron chi connectivity index (χ0n) is 11.6. The van der Waals surface area contributed by atoms with Gasteiger partial charge in [-0.05, 0) is 37.0 Å². The van der Waals surface area contributed by atoms with Gasteiger partial charge in [-0.3, -0.25) is 0 Å². The van der Waals surface area contributed by atoms with Crippen molar-refractivity contribution in [3.63, 3.8) is 0 Å². The molecule has 1 aromatic carbocycles. The second kappa shape index (κ2) is 6.78. The Morgan fingerprint density at radius 3 is 2.65 bits per heavy atom. The molecule has 0 aliphatic carbocycles. The number of alkyl halides is 1. The number of nitrogens with zero attached hydrogens (tertiary/aromatic N) is 1. The molecule has 0 saturated carbocycles. The van der Waals surface area contributed by atoms with E-state index in [1.165, 1.54) is 0 Å². The van der Waals surface area contributed by atoms with E-state index in [4.69, 9.17) is 16.3 Å². The summed E-state index contributed by atoms with van der Waals surface area (Å²) < 4.78 is 31.4. The first-order chi connectivity index (χ1) is 9.58. The average molecular weight is 318 g/mol. The van der Waals surface area contributed by atoms with Gasteiger partial charge >= 0.3 is 0 Å². The molecule has 1 heterocycles. The Morgan fingerprint density at radius 2 is 2.05 bits per heavy atom. The molecule has 1 aliphatic rings. The van der Waals surface area contributed by atoms with Crippen molar-refractivity contribution >= 4 is 21.6 Å². The molecule has 0 bridgehead atoms. The number of sulfonamides is 1. The van der Waals surface area contributed by atoms with Gasteiger partial charge in [-0.15, -0.1) is 11.6 Å². The van der Waals surface area contributed by atoms with Crippen molar-refractivity contribution < 1.29 is 13.2 Å². The lowest BCUT2D eigenvalue weighted by Gasteiger charge is -2.24. The second-order valence-electron chi connectivity index (χ2n) is 4.90. The number of rotatable bonds is 6. The molecule has 1 aliphatic heterocycles. The first kappa shape index (κ1) is 15.6. The molecule has 1 saturated heterocycles. The summed E-state index contributed by atoms with van der Waals surface area (Å²) in [5, 5.41) is 0. The molecule has 0 radical (unpaired) electrons. The lowest BCUT2D eigenvalue weighted by atomic mass is 10.1. The molecule has 0 aromatic heterocycles. The fourth-order valence-corrected chi connectivity index (χ4v) is 4.64. The molecule has 0 spiro atoms. The molecule has 1 atom stereocenters. The van der Waals surface area contributed by atoms with Crippen molar-refractivity contribution in [3.8, 4) is 5.75 Å². The molecule has 1 fully saturated rings. The van der Waals surface area contributed by atoms with E-state index in [9.17, 15) is 8.42 Å². The number of halogens is 1. The van der Waals surface area contributed by atoms with Crippen molar-refractivity contribution in [3.05, 3.63) is 29.8 Å². The summed E-state index contributed by atoms with van der Waals surface area (Å²) in [7, 11) is -1.60. The average Bonchev–Trinajstić information content (AvgIpc) is 2.95. The first-order valence-electron chi connectivity index (χ1n) is 6.78. The minimum atomic E-state index is -3.22. The van der Waals surface area contributed by atoms with Gasteiger partial charge in [0.15, 0.2) is 0 Å². The molecule has 0 amide bonds. The standard InChI is InChI=1S/C14H20ClNO3S/c1-19-13-7-5-12(6-8-13)14-4-2-10-16(14)20(17,18)11-3-9-15/h5-8,14H,2-4,9-11H2,1H3. The third-order valence-corrected chi connectivity index (χ3v) is 5.82. The maximum Gasteiger partial charge on any atom is 0.214 e. The van der Waals surface area contributed by atoms with E-state index in [1.54, 1.807) is 11.4 Å². The summed E-state index contributed by atoms with van der Waals surface area (Å²) in [6.45, 7) is 0.599. The van der Waals surface area contributed by atoms with Gasteiger partial charge in [0.25, 0.3) is 0 Å². The minimum Gasteiger partial charge on any atom is -0.497 e. The van der Waals surface area contributed by atoms with Gasteiger partial charge in [-0.25, -0.2) is 8.42 Å². The van der Waals surface area contributed by atoms with Crippen molar-refractivity contribution in [1.82, 2.24) is 4.31 Å². The molecule has 1 aromatic rings. The highest BCUT2D eigenvalue weighted by molar-refractivity contribution is 7.89. The van der Waals surface area contributed by atoms with Crippen molar-refractivity contribution in [2.75, 3.05) is 25.3 Å². The topological polar surface area (TPSA) is 46.6 Å². The molecule has 4 nitrogen and oxygen atoms in total. The van der Waals surface area contributed by atoms with Crippen LogP contribution in [-0.4, -0.2) is 38.0 Å². The fraction of sp³-hybridized carbons (Fsp3) is 0.571. The Labute approximate surface area is 125 Å². The van der Waals surface area contributed by atoms with Gasteiger partial charge in [0.05, 0.1) is 12.9 Å². The van der Waals surface area contributed by atoms with Gasteiger partial charge < -0.3 is 4.74 Å². The zero-order chi connectivity index (χ0) is 14.6. The third kappa shape index (κ3) is 3.45. The molecule has 1 unspecified atom stereocenters. The Morgan fingerprint density at radius 1 is 1.35 bits per heavy atom. The number of hydrogen-bond donors (Lipinski definition) is 0. The molecule has 6 heteroatoms. The van der Waals surface area contributed by atoms with Gasteiger partial charge in [0.1, 0.15) is 5.75 Å². The molecule has 0 N–H and O–H groups in total. The van der Waals surface area contributed by atoms with Crippen molar-refractivity contribution in [1.29, 1.82) is 0 Å². The van der Waals surface area contributed by atoms with Crippen LogP contribution in [0.5, 0.6) is 5.75 Å². The quantitative estimate of drug-likeness (QED) is 0.758. The smallest absolute Gasteiger partial charge is 0.214 e. The Hall–Kier alpha value is -0.780. The van der Waals surface area contributed by atoms with Crippen LogP contribution in [0.15, 0.2) is 24.3 Å². The summed E-state index contributed by atoms with van der Waals surface area (Å²) in [5.41, 5.74) is 1.03. The van der Waals surface area contributed by atoms with E-state index in [2.05, 4.69) is 0 Å². The lowest BCUT2D eigenvalue weighted by molar-refractivity contribution is 0.394. The van der Waals surface area contributed by atoms with Crippen LogP contribution in [-0.2, 0) is 10.0 Å². The van der Waals surface area contributed by atoms with E-state index in [-0.39, 0.29) is 11.8 Å². The summed E-state index contributed by atoms with van der Waals surface area (Å²) in [4.78, 5) is 0. The number of hydrogen-bond acceptors (Lipinski definition) is 3. The van der Waals surface area contributed by atoms with Crippen LogP contribution in [0.4, 0.5) is 0 Å². The normalized spacial score (nSPS) is 20.2. The van der Waals surface area contributed by atoms with E-state index in [0.29, 0.717) is 18.8 Å². The highest BCUT2D eigenvalue weighted by atomic mass is 35.5. The number of benzene rings is 1. The van der Waals surface area contributed by atoms with E-state index < -0.39 is 10.0 Å². The Kier molecular flexibility index (Phi) is 5.29. The predicted octanol–water partition coefficient (Wildman–Crippen LogP) is 2.79. The maximum absolute atomic E-state index is 12.3. The third-order valence-electron chi connectivity index (χ3n) is 3.60. The van der Waals surface area contributed by atoms with Gasteiger partial charge in [-0.1, -0.05) is 12.1 Å². The van der Waals surface area contributed by atoms with Crippen LogP contribution in [0.3, 0.4) is 0 Å². The monoisotopic (exact) mass is 317 g/mol. The minimum absolute atomic E-state index is 0.0544. The lowest BCUT2D eigenvalue weighted by Crippen LogP contribution is -2.32. The molecular formula is C14H20ClNO3S. The SMILES string of the molecule is COc1ccc(C2CCCN2S(=O)(=O)CCCCl)cc1. The van der Waals surface area contributed by atoms with Crippen molar-refractivity contribution in [2.45, 2.75) is 25.3 Å². The second-order valence-corrected chi connectivity index (χ2v) is 7.32. The number of ether oxygens (including phenoxy) is 1. The van der Waals surface area contributed by atoms with Crippen LogP contribution in [0.1, 0.15) is 30.9 Å². The Balaban J connectivity index is 2.17. The van der Waals surface area contributed by atoms with Gasteiger partial charge in [-0.2, -0.15) is 4.31 Å². The summed E-state index contributed by atoms with van der Waals surface area (Å²) in [6, 6.07) is 7.58. The first-order valence-corrected chi connectivity index (χ1v) is 8.92. The molecule has 2 rings (SSSR count). The highest BCUT2D eigenvalue weighted by Gasteiger charge is 2.34. The van der Waals surface area contributed by atoms with Crippen LogP contribution in [0.25, 0.3) is 0 Å². The van der Waals surface area contributed by atoms with Gasteiger partial charge in [0, 0.05) is 18.5 Å². The predicted molar refractivity (Wildman–Crippen MR) is 80.8 cm³/mol.